The Kier molecular flexibility index (Phi) is 6.43. The maximum atomic E-state index is 12.6. The highest BCUT2D eigenvalue weighted by Crippen LogP contribution is 2.26. The number of rotatable bonds is 6. The van der Waals surface area contributed by atoms with E-state index in [-0.39, 0.29) is 5.75 Å². The lowest BCUT2D eigenvalue weighted by atomic mass is 10.2. The summed E-state index contributed by atoms with van der Waals surface area (Å²) in [5, 5.41) is 6.48. The number of alkyl halides is 2. The third kappa shape index (κ3) is 5.26. The minimum absolute atomic E-state index is 0.100. The minimum atomic E-state index is -2.88. The molecule has 0 spiro atoms. The summed E-state index contributed by atoms with van der Waals surface area (Å²) in [5.74, 6) is 1.23. The van der Waals surface area contributed by atoms with Gasteiger partial charge in [-0.3, -0.25) is 4.99 Å². The van der Waals surface area contributed by atoms with Crippen LogP contribution in [-0.2, 0) is 6.54 Å². The van der Waals surface area contributed by atoms with Crippen molar-refractivity contribution in [3.05, 3.63) is 23.8 Å². The number of guanidine groups is 1. The first-order valence-electron chi connectivity index (χ1n) is 7.71. The second kappa shape index (κ2) is 8.55. The molecule has 0 amide bonds. The third-order valence-corrected chi connectivity index (χ3v) is 3.86. The SMILES string of the molecule is CN=C(NCc1ccc(OC)cc1OC(F)F)NC1CCCC1. The maximum absolute atomic E-state index is 12.6. The highest BCUT2D eigenvalue weighted by atomic mass is 19.3. The number of nitrogens with one attached hydrogen (secondary N) is 2. The molecule has 0 heterocycles. The predicted octanol–water partition coefficient (Wildman–Crippen LogP) is 2.90. The van der Waals surface area contributed by atoms with E-state index in [9.17, 15) is 8.78 Å². The number of ether oxygens (including phenoxy) is 2. The van der Waals surface area contributed by atoms with Gasteiger partial charge in [-0.05, 0) is 25.0 Å². The Morgan fingerprint density at radius 2 is 2.09 bits per heavy atom. The van der Waals surface area contributed by atoms with E-state index in [1.54, 1.807) is 19.2 Å². The molecule has 1 fully saturated rings. The second-order valence-electron chi connectivity index (χ2n) is 5.40. The first kappa shape index (κ1) is 17.3. The number of nitrogens with zero attached hydrogens (tertiary/aromatic N) is 1. The number of hydrogen-bond acceptors (Lipinski definition) is 3. The van der Waals surface area contributed by atoms with Crippen LogP contribution in [0.25, 0.3) is 0 Å². The Morgan fingerprint density at radius 1 is 1.35 bits per heavy atom. The summed E-state index contributed by atoms with van der Waals surface area (Å²) in [4.78, 5) is 4.17. The summed E-state index contributed by atoms with van der Waals surface area (Å²) in [6, 6.07) is 5.29. The molecular weight excluding hydrogens is 304 g/mol. The van der Waals surface area contributed by atoms with E-state index in [1.165, 1.54) is 26.0 Å². The van der Waals surface area contributed by atoms with Crippen LogP contribution in [0.1, 0.15) is 31.2 Å². The molecule has 0 aromatic heterocycles. The van der Waals surface area contributed by atoms with Gasteiger partial charge in [0.15, 0.2) is 5.96 Å². The fourth-order valence-corrected chi connectivity index (χ4v) is 2.65. The van der Waals surface area contributed by atoms with E-state index >= 15 is 0 Å². The monoisotopic (exact) mass is 327 g/mol. The fraction of sp³-hybridized carbons (Fsp3) is 0.562. The van der Waals surface area contributed by atoms with Crippen LogP contribution in [0.15, 0.2) is 23.2 Å². The lowest BCUT2D eigenvalue weighted by Crippen LogP contribution is -2.42. The van der Waals surface area contributed by atoms with E-state index in [0.29, 0.717) is 29.9 Å². The van der Waals surface area contributed by atoms with Crippen LogP contribution in [0.2, 0.25) is 0 Å². The number of hydrogen-bond donors (Lipinski definition) is 2. The number of benzene rings is 1. The highest BCUT2D eigenvalue weighted by molar-refractivity contribution is 5.80. The van der Waals surface area contributed by atoms with Crippen LogP contribution in [0.5, 0.6) is 11.5 Å². The van der Waals surface area contributed by atoms with Crippen molar-refractivity contribution in [1.82, 2.24) is 10.6 Å². The molecule has 0 bridgehead atoms. The van der Waals surface area contributed by atoms with Crippen molar-refractivity contribution in [2.24, 2.45) is 4.99 Å². The largest absolute Gasteiger partial charge is 0.497 e. The minimum Gasteiger partial charge on any atom is -0.497 e. The molecule has 2 N–H and O–H groups in total. The van der Waals surface area contributed by atoms with Gasteiger partial charge < -0.3 is 20.1 Å². The smallest absolute Gasteiger partial charge is 0.387 e. The normalized spacial score (nSPS) is 15.8. The summed E-state index contributed by atoms with van der Waals surface area (Å²) >= 11 is 0. The van der Waals surface area contributed by atoms with E-state index in [4.69, 9.17) is 4.74 Å². The zero-order valence-corrected chi connectivity index (χ0v) is 13.4. The predicted molar refractivity (Wildman–Crippen MR) is 85.2 cm³/mol. The molecule has 2 rings (SSSR count). The van der Waals surface area contributed by atoms with Gasteiger partial charge >= 0.3 is 6.61 Å². The lowest BCUT2D eigenvalue weighted by molar-refractivity contribution is -0.0505. The van der Waals surface area contributed by atoms with E-state index in [1.807, 2.05) is 0 Å². The quantitative estimate of drug-likeness (QED) is 0.623. The Morgan fingerprint density at radius 3 is 2.70 bits per heavy atom. The topological polar surface area (TPSA) is 54.9 Å². The lowest BCUT2D eigenvalue weighted by Gasteiger charge is -2.18. The number of halogens is 2. The van der Waals surface area contributed by atoms with Gasteiger partial charge in [-0.1, -0.05) is 12.8 Å². The molecule has 1 aromatic carbocycles. The van der Waals surface area contributed by atoms with Gasteiger partial charge in [0, 0.05) is 31.3 Å². The molecule has 1 aliphatic carbocycles. The van der Waals surface area contributed by atoms with Crippen molar-refractivity contribution >= 4 is 5.96 Å². The van der Waals surface area contributed by atoms with E-state index in [0.717, 1.165) is 12.8 Å². The van der Waals surface area contributed by atoms with Gasteiger partial charge in [-0.25, -0.2) is 0 Å². The summed E-state index contributed by atoms with van der Waals surface area (Å²) in [6.45, 7) is -2.55. The number of methoxy groups -OCH3 is 1. The maximum Gasteiger partial charge on any atom is 0.387 e. The highest BCUT2D eigenvalue weighted by Gasteiger charge is 2.16. The molecule has 0 atom stereocenters. The van der Waals surface area contributed by atoms with Crippen LogP contribution in [0.4, 0.5) is 8.78 Å². The average Bonchev–Trinajstić information content (AvgIpc) is 3.04. The summed E-state index contributed by atoms with van der Waals surface area (Å²) in [6.07, 6.45) is 4.70. The summed E-state index contributed by atoms with van der Waals surface area (Å²) in [5.41, 5.74) is 0.612. The molecule has 23 heavy (non-hydrogen) atoms. The van der Waals surface area contributed by atoms with Gasteiger partial charge in [0.2, 0.25) is 0 Å². The number of aliphatic imine (C=N–C) groups is 1. The first-order valence-corrected chi connectivity index (χ1v) is 7.71. The third-order valence-electron chi connectivity index (χ3n) is 3.86. The molecule has 1 aliphatic rings. The van der Waals surface area contributed by atoms with Crippen molar-refractivity contribution < 1.29 is 18.3 Å². The van der Waals surface area contributed by atoms with Crippen molar-refractivity contribution in [3.63, 3.8) is 0 Å². The van der Waals surface area contributed by atoms with E-state index in [2.05, 4.69) is 20.4 Å². The molecule has 128 valence electrons. The Labute approximate surface area is 135 Å². The molecule has 0 unspecified atom stereocenters. The molecule has 0 radical (unpaired) electrons. The van der Waals surface area contributed by atoms with Crippen LogP contribution in [-0.4, -0.2) is 32.8 Å². The van der Waals surface area contributed by atoms with Crippen molar-refractivity contribution in [2.45, 2.75) is 44.9 Å². The Hall–Kier alpha value is -2.05. The Bertz CT molecular complexity index is 532. The molecule has 5 nitrogen and oxygen atoms in total. The van der Waals surface area contributed by atoms with Crippen molar-refractivity contribution in [3.8, 4) is 11.5 Å². The standard InChI is InChI=1S/C16H23F2N3O2/c1-19-16(21-12-5-3-4-6-12)20-10-11-7-8-13(22-2)9-14(11)23-15(17)18/h7-9,12,15H,3-6,10H2,1-2H3,(H2,19,20,21). The molecule has 1 saturated carbocycles. The molecular formula is C16H23F2N3O2. The van der Waals surface area contributed by atoms with E-state index < -0.39 is 6.61 Å². The van der Waals surface area contributed by atoms with Crippen LogP contribution in [0, 0.1) is 0 Å². The van der Waals surface area contributed by atoms with Gasteiger partial charge in [0.1, 0.15) is 11.5 Å². The molecule has 0 aliphatic heterocycles. The van der Waals surface area contributed by atoms with Crippen molar-refractivity contribution in [2.75, 3.05) is 14.2 Å². The molecule has 0 saturated heterocycles. The van der Waals surface area contributed by atoms with Crippen molar-refractivity contribution in [1.29, 1.82) is 0 Å². The van der Waals surface area contributed by atoms with Crippen LogP contribution < -0.4 is 20.1 Å². The second-order valence-corrected chi connectivity index (χ2v) is 5.40. The van der Waals surface area contributed by atoms with Crippen LogP contribution in [0.3, 0.4) is 0 Å². The Balaban J connectivity index is 2.00. The van der Waals surface area contributed by atoms with Gasteiger partial charge in [-0.2, -0.15) is 8.78 Å². The van der Waals surface area contributed by atoms with Crippen LogP contribution >= 0.6 is 0 Å². The molecule has 1 aromatic rings. The van der Waals surface area contributed by atoms with Gasteiger partial charge in [-0.15, -0.1) is 0 Å². The van der Waals surface area contributed by atoms with Gasteiger partial charge in [0.25, 0.3) is 0 Å². The summed E-state index contributed by atoms with van der Waals surface area (Å²) < 4.78 is 34.7. The first-order chi connectivity index (χ1) is 11.1. The average molecular weight is 327 g/mol. The molecule has 7 heteroatoms. The van der Waals surface area contributed by atoms with Gasteiger partial charge in [0.05, 0.1) is 7.11 Å². The summed E-state index contributed by atoms with van der Waals surface area (Å²) in [7, 11) is 3.17. The zero-order valence-electron chi connectivity index (χ0n) is 13.4. The zero-order chi connectivity index (χ0) is 16.7. The fourth-order valence-electron chi connectivity index (χ4n) is 2.65.